The summed E-state index contributed by atoms with van der Waals surface area (Å²) in [6, 6.07) is 0. The number of hydrogen-bond acceptors (Lipinski definition) is 0. The number of piperidine rings is 1. The molecule has 1 rings (SSSR count). The van der Waals surface area contributed by atoms with Crippen molar-refractivity contribution < 1.29 is 21.1 Å². The van der Waals surface area contributed by atoms with Crippen LogP contribution in [-0.4, -0.2) is 13.1 Å². The molecule has 0 aliphatic carbocycles. The van der Waals surface area contributed by atoms with E-state index < -0.39 is 0 Å². The molecule has 0 amide bonds. The Morgan fingerprint density at radius 3 is 2.18 bits per heavy atom. The molecule has 2 heteroatoms. The first-order valence-corrected chi connectivity index (χ1v) is 4.24. The van der Waals surface area contributed by atoms with E-state index in [0.717, 1.165) is 19.0 Å². The molecule has 1 heterocycles. The number of nitrogens with zero attached hydrogens (tertiary/aromatic N) is 1. The molecular weight excluding hydrogens is 306 g/mol. The molecule has 0 N–H and O–H groups in total. The van der Waals surface area contributed by atoms with E-state index in [9.17, 15) is 0 Å². The molecule has 1 aliphatic heterocycles. The van der Waals surface area contributed by atoms with Crippen molar-refractivity contribution in [2.45, 2.75) is 33.6 Å². The molecule has 0 aromatic rings. The van der Waals surface area contributed by atoms with Crippen molar-refractivity contribution in [3.63, 3.8) is 0 Å². The van der Waals surface area contributed by atoms with Crippen LogP contribution in [0.2, 0.25) is 0 Å². The molecule has 0 aromatic carbocycles. The average Bonchev–Trinajstić information content (AvgIpc) is 1.88. The van der Waals surface area contributed by atoms with Gasteiger partial charge in [0.15, 0.2) is 0 Å². The Balaban J connectivity index is 0.000001000. The van der Waals surface area contributed by atoms with Crippen molar-refractivity contribution >= 4 is 0 Å². The first-order valence-electron chi connectivity index (χ1n) is 4.24. The van der Waals surface area contributed by atoms with E-state index in [1.54, 1.807) is 0 Å². The van der Waals surface area contributed by atoms with E-state index in [4.69, 9.17) is 0 Å². The summed E-state index contributed by atoms with van der Waals surface area (Å²) in [7, 11) is 0. The molecule has 1 atom stereocenters. The Bertz CT molecular complexity index is 101. The van der Waals surface area contributed by atoms with Crippen LogP contribution in [-0.2, 0) is 21.1 Å². The van der Waals surface area contributed by atoms with Gasteiger partial charge < -0.3 is 5.32 Å². The first kappa shape index (κ1) is 11.6. The minimum atomic E-state index is 0. The summed E-state index contributed by atoms with van der Waals surface area (Å²) >= 11 is 0. The Morgan fingerprint density at radius 2 is 1.91 bits per heavy atom. The van der Waals surface area contributed by atoms with Crippen LogP contribution in [0.5, 0.6) is 0 Å². The van der Waals surface area contributed by atoms with Gasteiger partial charge >= 0.3 is 0 Å². The number of rotatable bonds is 0. The third-order valence-electron chi connectivity index (χ3n) is 2.44. The summed E-state index contributed by atoms with van der Waals surface area (Å²) in [6.07, 6.45) is 2.69. The smallest absolute Gasteiger partial charge is 0 e. The fourth-order valence-electron chi connectivity index (χ4n) is 1.49. The largest absolute Gasteiger partial charge is 0.662 e. The van der Waals surface area contributed by atoms with Crippen molar-refractivity contribution in [2.24, 2.45) is 11.3 Å². The SMILES string of the molecule is CC(C)(C)C1CCC[N-]C1.[W]. The molecule has 1 nitrogen and oxygen atoms in total. The van der Waals surface area contributed by atoms with E-state index in [2.05, 4.69) is 26.1 Å². The minimum Gasteiger partial charge on any atom is -0.662 e. The molecule has 0 aromatic heterocycles. The minimum absolute atomic E-state index is 0. The zero-order valence-corrected chi connectivity index (χ0v) is 10.7. The van der Waals surface area contributed by atoms with Crippen LogP contribution in [0, 0.1) is 11.3 Å². The molecule has 1 fully saturated rings. The van der Waals surface area contributed by atoms with Gasteiger partial charge in [-0.3, -0.25) is 0 Å². The van der Waals surface area contributed by atoms with Gasteiger partial charge in [-0.2, -0.15) is 0 Å². The Hall–Kier alpha value is 0.648. The average molecular weight is 324 g/mol. The van der Waals surface area contributed by atoms with Gasteiger partial charge in [-0.1, -0.05) is 39.5 Å². The predicted molar refractivity (Wildman–Crippen MR) is 45.3 cm³/mol. The second-order valence-electron chi connectivity index (χ2n) is 4.33. The normalized spacial score (nSPS) is 25.9. The van der Waals surface area contributed by atoms with Crippen LogP contribution in [0.4, 0.5) is 0 Å². The topological polar surface area (TPSA) is 14.1 Å². The monoisotopic (exact) mass is 324 g/mol. The van der Waals surface area contributed by atoms with Gasteiger partial charge in [0.1, 0.15) is 0 Å². The maximum atomic E-state index is 4.42. The van der Waals surface area contributed by atoms with Gasteiger partial charge in [-0.05, 0) is 5.41 Å². The van der Waals surface area contributed by atoms with E-state index in [1.165, 1.54) is 12.8 Å². The number of hydrogen-bond donors (Lipinski definition) is 0. The van der Waals surface area contributed by atoms with Crippen LogP contribution >= 0.6 is 0 Å². The third kappa shape index (κ3) is 3.71. The standard InChI is InChI=1S/C9H18N.W/c1-9(2,3)8-5-4-6-10-7-8;/h8H,4-7H2,1-3H3;/q-1;. The van der Waals surface area contributed by atoms with Crippen molar-refractivity contribution in [2.75, 3.05) is 13.1 Å². The summed E-state index contributed by atoms with van der Waals surface area (Å²) < 4.78 is 0. The predicted octanol–water partition coefficient (Wildman–Crippen LogP) is 2.81. The molecule has 0 bridgehead atoms. The van der Waals surface area contributed by atoms with Gasteiger partial charge in [0.05, 0.1) is 0 Å². The van der Waals surface area contributed by atoms with Crippen molar-refractivity contribution in [1.29, 1.82) is 0 Å². The molecule has 1 unspecified atom stereocenters. The quantitative estimate of drug-likeness (QED) is 0.651. The summed E-state index contributed by atoms with van der Waals surface area (Å²) in [5.41, 5.74) is 0.476. The van der Waals surface area contributed by atoms with Gasteiger partial charge in [-0.15, -0.1) is 13.1 Å². The fraction of sp³-hybridized carbons (Fsp3) is 1.00. The molecule has 11 heavy (non-hydrogen) atoms. The Labute approximate surface area is 84.6 Å². The van der Waals surface area contributed by atoms with Gasteiger partial charge in [0, 0.05) is 21.1 Å². The maximum absolute atomic E-state index is 4.42. The second kappa shape index (κ2) is 4.62. The second-order valence-corrected chi connectivity index (χ2v) is 4.33. The van der Waals surface area contributed by atoms with Crippen LogP contribution in [0.3, 0.4) is 0 Å². The van der Waals surface area contributed by atoms with E-state index in [-0.39, 0.29) is 21.1 Å². The summed E-state index contributed by atoms with van der Waals surface area (Å²) in [5.74, 6) is 0.834. The van der Waals surface area contributed by atoms with Gasteiger partial charge in [-0.25, -0.2) is 0 Å². The molecule has 0 radical (unpaired) electrons. The molecular formula is C9H18NW-. The van der Waals surface area contributed by atoms with Crippen molar-refractivity contribution in [3.05, 3.63) is 5.32 Å². The molecule has 0 spiro atoms. The van der Waals surface area contributed by atoms with Gasteiger partial charge in [0.25, 0.3) is 0 Å². The zero-order chi connectivity index (χ0) is 7.61. The summed E-state index contributed by atoms with van der Waals surface area (Å²) in [5, 5.41) is 4.42. The van der Waals surface area contributed by atoms with E-state index in [0.29, 0.717) is 5.41 Å². The van der Waals surface area contributed by atoms with Crippen LogP contribution in [0.1, 0.15) is 33.6 Å². The van der Waals surface area contributed by atoms with Gasteiger partial charge in [0.2, 0.25) is 0 Å². The maximum Gasteiger partial charge on any atom is 0 e. The molecule has 0 saturated carbocycles. The Morgan fingerprint density at radius 1 is 1.27 bits per heavy atom. The van der Waals surface area contributed by atoms with E-state index in [1.807, 2.05) is 0 Å². The van der Waals surface area contributed by atoms with Crippen LogP contribution in [0.25, 0.3) is 5.32 Å². The third-order valence-corrected chi connectivity index (χ3v) is 2.44. The summed E-state index contributed by atoms with van der Waals surface area (Å²) in [4.78, 5) is 0. The van der Waals surface area contributed by atoms with Crippen molar-refractivity contribution in [1.82, 2.24) is 0 Å². The van der Waals surface area contributed by atoms with E-state index >= 15 is 0 Å². The summed E-state index contributed by atoms with van der Waals surface area (Å²) in [6.45, 7) is 9.16. The molecule has 1 aliphatic rings. The zero-order valence-electron chi connectivity index (χ0n) is 7.76. The van der Waals surface area contributed by atoms with Crippen LogP contribution in [0.15, 0.2) is 0 Å². The molecule has 1 saturated heterocycles. The van der Waals surface area contributed by atoms with Crippen LogP contribution < -0.4 is 0 Å². The molecule has 66 valence electrons. The fourth-order valence-corrected chi connectivity index (χ4v) is 1.49. The Kier molecular flexibility index (Phi) is 4.89. The first-order chi connectivity index (χ1) is 4.61. The van der Waals surface area contributed by atoms with Crippen molar-refractivity contribution in [3.8, 4) is 0 Å².